The minimum Gasteiger partial charge on any atom is -0.476 e. The van der Waals surface area contributed by atoms with Crippen molar-refractivity contribution in [3.05, 3.63) is 18.6 Å². The standard InChI is InChI=1S/C12H13N7O/c1-3-20-11-9-10(17-12(13)18-11)14-5-8(16-9)7-4-15-19(2)6-7/h4-6H,3H2,1-2H3,(H2,13,14,17,18). The van der Waals surface area contributed by atoms with Crippen molar-refractivity contribution in [3.8, 4) is 17.1 Å². The molecule has 2 N–H and O–H groups in total. The van der Waals surface area contributed by atoms with Gasteiger partial charge >= 0.3 is 0 Å². The van der Waals surface area contributed by atoms with Gasteiger partial charge < -0.3 is 10.5 Å². The number of aryl methyl sites for hydroxylation is 1. The number of ether oxygens (including phenoxy) is 1. The molecule has 0 bridgehead atoms. The Kier molecular flexibility index (Phi) is 2.90. The summed E-state index contributed by atoms with van der Waals surface area (Å²) in [5, 5.41) is 4.11. The summed E-state index contributed by atoms with van der Waals surface area (Å²) >= 11 is 0. The van der Waals surface area contributed by atoms with Crippen molar-refractivity contribution in [2.24, 2.45) is 7.05 Å². The van der Waals surface area contributed by atoms with Gasteiger partial charge in [0.25, 0.3) is 0 Å². The van der Waals surface area contributed by atoms with E-state index in [0.717, 1.165) is 5.56 Å². The van der Waals surface area contributed by atoms with Gasteiger partial charge in [-0.05, 0) is 6.92 Å². The van der Waals surface area contributed by atoms with Gasteiger partial charge in [-0.2, -0.15) is 15.1 Å². The monoisotopic (exact) mass is 271 g/mol. The second-order valence-corrected chi connectivity index (χ2v) is 4.15. The molecule has 3 heterocycles. The quantitative estimate of drug-likeness (QED) is 0.751. The molecule has 0 aliphatic heterocycles. The molecule has 20 heavy (non-hydrogen) atoms. The van der Waals surface area contributed by atoms with Crippen molar-refractivity contribution >= 4 is 17.1 Å². The lowest BCUT2D eigenvalue weighted by Crippen LogP contribution is -2.04. The highest BCUT2D eigenvalue weighted by molar-refractivity contribution is 5.79. The molecule has 8 nitrogen and oxygen atoms in total. The maximum Gasteiger partial charge on any atom is 0.247 e. The van der Waals surface area contributed by atoms with Crippen molar-refractivity contribution in [3.63, 3.8) is 0 Å². The van der Waals surface area contributed by atoms with Crippen LogP contribution in [-0.4, -0.2) is 36.3 Å². The Morgan fingerprint density at radius 1 is 1.25 bits per heavy atom. The fraction of sp³-hybridized carbons (Fsp3) is 0.250. The topological polar surface area (TPSA) is 105 Å². The molecule has 102 valence electrons. The van der Waals surface area contributed by atoms with Gasteiger partial charge in [-0.1, -0.05) is 0 Å². The smallest absolute Gasteiger partial charge is 0.247 e. The molecule has 3 aromatic rings. The number of anilines is 1. The van der Waals surface area contributed by atoms with Gasteiger partial charge in [0.15, 0.2) is 11.2 Å². The van der Waals surface area contributed by atoms with Gasteiger partial charge in [-0.15, -0.1) is 0 Å². The highest BCUT2D eigenvalue weighted by Crippen LogP contribution is 2.23. The molecule has 0 spiro atoms. The zero-order chi connectivity index (χ0) is 14.1. The molecule has 0 saturated carbocycles. The Morgan fingerprint density at radius 3 is 2.80 bits per heavy atom. The van der Waals surface area contributed by atoms with Gasteiger partial charge in [-0.3, -0.25) is 4.68 Å². The van der Waals surface area contributed by atoms with E-state index in [4.69, 9.17) is 10.5 Å². The Bertz CT molecular complexity index is 768. The van der Waals surface area contributed by atoms with Crippen LogP contribution in [0.5, 0.6) is 5.88 Å². The summed E-state index contributed by atoms with van der Waals surface area (Å²) in [5.74, 6) is 0.456. The number of hydrogen-bond acceptors (Lipinski definition) is 7. The van der Waals surface area contributed by atoms with Crippen LogP contribution in [0, 0.1) is 0 Å². The first-order valence-corrected chi connectivity index (χ1v) is 6.09. The first-order chi connectivity index (χ1) is 9.67. The number of nitrogens with two attached hydrogens (primary N) is 1. The van der Waals surface area contributed by atoms with Crippen LogP contribution in [0.15, 0.2) is 18.6 Å². The molecule has 0 unspecified atom stereocenters. The van der Waals surface area contributed by atoms with Gasteiger partial charge in [0.2, 0.25) is 11.8 Å². The Hall–Kier alpha value is -2.77. The van der Waals surface area contributed by atoms with E-state index in [1.165, 1.54) is 0 Å². The van der Waals surface area contributed by atoms with Crippen LogP contribution in [0.25, 0.3) is 22.4 Å². The van der Waals surface area contributed by atoms with E-state index in [1.807, 2.05) is 20.2 Å². The van der Waals surface area contributed by atoms with E-state index in [1.54, 1.807) is 17.1 Å². The van der Waals surface area contributed by atoms with E-state index in [-0.39, 0.29) is 5.95 Å². The largest absolute Gasteiger partial charge is 0.476 e. The highest BCUT2D eigenvalue weighted by atomic mass is 16.5. The summed E-state index contributed by atoms with van der Waals surface area (Å²) in [4.78, 5) is 16.9. The maximum absolute atomic E-state index is 5.62. The molecule has 3 aromatic heterocycles. The highest BCUT2D eigenvalue weighted by Gasteiger charge is 2.12. The lowest BCUT2D eigenvalue weighted by atomic mass is 10.2. The van der Waals surface area contributed by atoms with Crippen molar-refractivity contribution < 1.29 is 4.74 Å². The number of nitrogen functional groups attached to an aromatic ring is 1. The van der Waals surface area contributed by atoms with Crippen molar-refractivity contribution in [2.45, 2.75) is 6.92 Å². The Labute approximate surface area is 114 Å². The van der Waals surface area contributed by atoms with Crippen molar-refractivity contribution in [1.82, 2.24) is 29.7 Å². The second-order valence-electron chi connectivity index (χ2n) is 4.15. The number of aromatic nitrogens is 6. The minimum atomic E-state index is 0.115. The van der Waals surface area contributed by atoms with Gasteiger partial charge in [0.1, 0.15) is 0 Å². The summed E-state index contributed by atoms with van der Waals surface area (Å²) in [7, 11) is 1.84. The predicted molar refractivity (Wildman–Crippen MR) is 72.9 cm³/mol. The fourth-order valence-electron chi connectivity index (χ4n) is 1.83. The zero-order valence-electron chi connectivity index (χ0n) is 11.1. The lowest BCUT2D eigenvalue weighted by Gasteiger charge is -2.06. The number of fused-ring (bicyclic) bond motifs is 1. The molecule has 0 radical (unpaired) electrons. The van der Waals surface area contributed by atoms with Crippen LogP contribution in [0.2, 0.25) is 0 Å². The van der Waals surface area contributed by atoms with Crippen LogP contribution in [0.4, 0.5) is 5.95 Å². The molecule has 0 atom stereocenters. The average Bonchev–Trinajstić information content (AvgIpc) is 2.85. The van der Waals surface area contributed by atoms with Gasteiger partial charge in [0, 0.05) is 18.8 Å². The lowest BCUT2D eigenvalue weighted by molar-refractivity contribution is 0.330. The molecule has 0 aromatic carbocycles. The van der Waals surface area contributed by atoms with E-state index in [9.17, 15) is 0 Å². The Balaban J connectivity index is 2.18. The molecular weight excluding hydrogens is 258 g/mol. The third kappa shape index (κ3) is 2.11. The van der Waals surface area contributed by atoms with Crippen molar-refractivity contribution in [1.29, 1.82) is 0 Å². The molecule has 0 amide bonds. The van der Waals surface area contributed by atoms with E-state index < -0.39 is 0 Å². The predicted octanol–water partition coefficient (Wildman–Crippen LogP) is 0.801. The summed E-state index contributed by atoms with van der Waals surface area (Å²) < 4.78 is 7.14. The van der Waals surface area contributed by atoms with Crippen LogP contribution >= 0.6 is 0 Å². The molecule has 0 aliphatic carbocycles. The summed E-state index contributed by atoms with van der Waals surface area (Å²) in [5.41, 5.74) is 8.07. The maximum atomic E-state index is 5.62. The van der Waals surface area contributed by atoms with Crippen LogP contribution in [-0.2, 0) is 7.05 Å². The third-order valence-corrected chi connectivity index (χ3v) is 2.67. The first kappa shape index (κ1) is 12.3. The minimum absolute atomic E-state index is 0.115. The molecule has 0 saturated heterocycles. The normalized spacial score (nSPS) is 10.9. The van der Waals surface area contributed by atoms with Gasteiger partial charge in [-0.25, -0.2) is 9.97 Å². The summed E-state index contributed by atoms with van der Waals surface area (Å²) in [6.45, 7) is 2.33. The fourth-order valence-corrected chi connectivity index (χ4v) is 1.83. The molecular formula is C12H13N7O. The van der Waals surface area contributed by atoms with Gasteiger partial charge in [0.05, 0.1) is 24.7 Å². The number of rotatable bonds is 3. The van der Waals surface area contributed by atoms with E-state index in [2.05, 4.69) is 25.0 Å². The summed E-state index contributed by atoms with van der Waals surface area (Å²) in [6.07, 6.45) is 5.20. The van der Waals surface area contributed by atoms with E-state index in [0.29, 0.717) is 29.3 Å². The first-order valence-electron chi connectivity index (χ1n) is 6.09. The number of nitrogens with zero attached hydrogens (tertiary/aromatic N) is 6. The van der Waals surface area contributed by atoms with Crippen LogP contribution < -0.4 is 10.5 Å². The average molecular weight is 271 g/mol. The van der Waals surface area contributed by atoms with E-state index >= 15 is 0 Å². The molecule has 3 rings (SSSR count). The molecule has 8 heteroatoms. The van der Waals surface area contributed by atoms with Crippen molar-refractivity contribution in [2.75, 3.05) is 12.3 Å². The Morgan fingerprint density at radius 2 is 2.10 bits per heavy atom. The van der Waals surface area contributed by atoms with Crippen LogP contribution in [0.1, 0.15) is 6.92 Å². The third-order valence-electron chi connectivity index (χ3n) is 2.67. The SMILES string of the molecule is CCOc1nc(N)nc2ncc(-c3cnn(C)c3)nc12. The molecule has 0 fully saturated rings. The summed E-state index contributed by atoms with van der Waals surface area (Å²) in [6, 6.07) is 0. The number of hydrogen-bond donors (Lipinski definition) is 1. The molecule has 0 aliphatic rings. The second kappa shape index (κ2) is 4.72. The van der Waals surface area contributed by atoms with Crippen LogP contribution in [0.3, 0.4) is 0 Å². The zero-order valence-corrected chi connectivity index (χ0v) is 11.1.